The molecule has 1 aromatic carbocycles. The molecule has 0 heterocycles. The monoisotopic (exact) mass is 208 g/mol. The van der Waals surface area contributed by atoms with Crippen molar-refractivity contribution in [2.45, 2.75) is 19.8 Å². The van der Waals surface area contributed by atoms with Crippen LogP contribution in [0.4, 0.5) is 0 Å². The Bertz CT molecular complexity index is 396. The molecule has 0 aliphatic rings. The van der Waals surface area contributed by atoms with Crippen molar-refractivity contribution >= 4 is 11.8 Å². The molecule has 0 aliphatic carbocycles. The SMILES string of the molecule is Cc1cccc(C(=O)CCC(=O)O)c1O. The minimum absolute atomic E-state index is 0.0621. The van der Waals surface area contributed by atoms with Gasteiger partial charge in [0.05, 0.1) is 12.0 Å². The number of carbonyl (C=O) groups is 2. The summed E-state index contributed by atoms with van der Waals surface area (Å²) in [6.07, 6.45) is -0.307. The van der Waals surface area contributed by atoms with E-state index in [0.717, 1.165) is 0 Å². The van der Waals surface area contributed by atoms with Crippen molar-refractivity contribution in [2.24, 2.45) is 0 Å². The fraction of sp³-hybridized carbons (Fsp3) is 0.273. The topological polar surface area (TPSA) is 74.6 Å². The van der Waals surface area contributed by atoms with Crippen molar-refractivity contribution in [3.05, 3.63) is 29.3 Å². The number of ketones is 1. The number of hydrogen-bond acceptors (Lipinski definition) is 3. The number of aliphatic carboxylic acids is 1. The fourth-order valence-electron chi connectivity index (χ4n) is 1.24. The van der Waals surface area contributed by atoms with Gasteiger partial charge in [-0.15, -0.1) is 0 Å². The highest BCUT2D eigenvalue weighted by Crippen LogP contribution is 2.22. The van der Waals surface area contributed by atoms with Crippen molar-refractivity contribution in [1.82, 2.24) is 0 Å². The Morgan fingerprint density at radius 1 is 1.27 bits per heavy atom. The molecule has 4 heteroatoms. The molecule has 0 aromatic heterocycles. The second-order valence-electron chi connectivity index (χ2n) is 3.29. The minimum Gasteiger partial charge on any atom is -0.507 e. The average Bonchev–Trinajstić information content (AvgIpc) is 2.18. The predicted molar refractivity (Wildman–Crippen MR) is 54.0 cm³/mol. The Balaban J connectivity index is 2.82. The first-order valence-corrected chi connectivity index (χ1v) is 4.56. The van der Waals surface area contributed by atoms with E-state index in [1.54, 1.807) is 19.1 Å². The summed E-state index contributed by atoms with van der Waals surface area (Å²) in [7, 11) is 0. The highest BCUT2D eigenvalue weighted by Gasteiger charge is 2.13. The van der Waals surface area contributed by atoms with Crippen molar-refractivity contribution in [3.8, 4) is 5.75 Å². The largest absolute Gasteiger partial charge is 0.507 e. The van der Waals surface area contributed by atoms with Gasteiger partial charge in [0.15, 0.2) is 5.78 Å². The lowest BCUT2D eigenvalue weighted by molar-refractivity contribution is -0.136. The highest BCUT2D eigenvalue weighted by atomic mass is 16.4. The normalized spacial score (nSPS) is 9.93. The van der Waals surface area contributed by atoms with E-state index in [9.17, 15) is 14.7 Å². The highest BCUT2D eigenvalue weighted by molar-refractivity contribution is 6.00. The number of phenols is 1. The molecular formula is C11H12O4. The molecule has 0 radical (unpaired) electrons. The molecule has 4 nitrogen and oxygen atoms in total. The van der Waals surface area contributed by atoms with Crippen LogP contribution in [0.1, 0.15) is 28.8 Å². The summed E-state index contributed by atoms with van der Waals surface area (Å²) in [5.74, 6) is -1.43. The Hall–Kier alpha value is -1.84. The number of aryl methyl sites for hydroxylation is 1. The zero-order valence-electron chi connectivity index (χ0n) is 8.36. The number of hydrogen-bond donors (Lipinski definition) is 2. The summed E-state index contributed by atoms with van der Waals surface area (Å²) < 4.78 is 0. The Morgan fingerprint density at radius 2 is 1.93 bits per heavy atom. The van der Waals surface area contributed by atoms with Crippen LogP contribution in [0, 0.1) is 6.92 Å². The number of carbonyl (C=O) groups excluding carboxylic acids is 1. The van der Waals surface area contributed by atoms with Crippen LogP contribution >= 0.6 is 0 Å². The standard InChI is InChI=1S/C11H12O4/c1-7-3-2-4-8(11(7)15)9(12)5-6-10(13)14/h2-4,15H,5-6H2,1H3,(H,13,14). The van der Waals surface area contributed by atoms with Gasteiger partial charge < -0.3 is 10.2 Å². The quantitative estimate of drug-likeness (QED) is 0.739. The number of Topliss-reactive ketones (excluding diaryl/α,β-unsaturated/α-hetero) is 1. The second-order valence-corrected chi connectivity index (χ2v) is 3.29. The lowest BCUT2D eigenvalue weighted by Gasteiger charge is -2.04. The van der Waals surface area contributed by atoms with Gasteiger partial charge in [-0.3, -0.25) is 9.59 Å². The maximum Gasteiger partial charge on any atom is 0.303 e. The van der Waals surface area contributed by atoms with E-state index in [-0.39, 0.29) is 29.9 Å². The molecule has 0 bridgehead atoms. The third-order valence-electron chi connectivity index (χ3n) is 2.10. The lowest BCUT2D eigenvalue weighted by atomic mass is 10.0. The van der Waals surface area contributed by atoms with Crippen LogP contribution in [-0.2, 0) is 4.79 Å². The van der Waals surface area contributed by atoms with Crippen molar-refractivity contribution in [1.29, 1.82) is 0 Å². The Labute approximate surface area is 87.2 Å². The van der Waals surface area contributed by atoms with E-state index in [2.05, 4.69) is 0 Å². The Kier molecular flexibility index (Phi) is 3.44. The molecule has 0 aliphatic heterocycles. The van der Waals surface area contributed by atoms with Crippen LogP contribution in [0.25, 0.3) is 0 Å². The molecule has 15 heavy (non-hydrogen) atoms. The summed E-state index contributed by atoms with van der Waals surface area (Å²) in [6.45, 7) is 1.68. The first-order valence-electron chi connectivity index (χ1n) is 4.56. The van der Waals surface area contributed by atoms with Gasteiger partial charge in [-0.25, -0.2) is 0 Å². The first-order chi connectivity index (χ1) is 7.02. The summed E-state index contributed by atoms with van der Waals surface area (Å²) in [5, 5.41) is 18.0. The van der Waals surface area contributed by atoms with Gasteiger partial charge in [0.1, 0.15) is 5.75 Å². The molecule has 2 N–H and O–H groups in total. The van der Waals surface area contributed by atoms with Gasteiger partial charge in [-0.2, -0.15) is 0 Å². The molecule has 1 rings (SSSR count). The van der Waals surface area contributed by atoms with E-state index in [1.165, 1.54) is 6.07 Å². The van der Waals surface area contributed by atoms with Crippen LogP contribution in [0.2, 0.25) is 0 Å². The maximum absolute atomic E-state index is 11.5. The molecule has 0 saturated carbocycles. The third-order valence-corrected chi connectivity index (χ3v) is 2.10. The van der Waals surface area contributed by atoms with E-state index < -0.39 is 5.97 Å². The molecule has 0 amide bonds. The number of benzene rings is 1. The average molecular weight is 208 g/mol. The molecule has 0 atom stereocenters. The smallest absolute Gasteiger partial charge is 0.303 e. The van der Waals surface area contributed by atoms with Crippen LogP contribution < -0.4 is 0 Å². The van der Waals surface area contributed by atoms with E-state index >= 15 is 0 Å². The number of rotatable bonds is 4. The van der Waals surface area contributed by atoms with Crippen LogP contribution in [-0.4, -0.2) is 22.0 Å². The summed E-state index contributed by atoms with van der Waals surface area (Å²) >= 11 is 0. The second kappa shape index (κ2) is 4.59. The number of carboxylic acids is 1. The predicted octanol–water partition coefficient (Wildman–Crippen LogP) is 1.75. The van der Waals surface area contributed by atoms with Crippen LogP contribution in [0.15, 0.2) is 18.2 Å². The van der Waals surface area contributed by atoms with E-state index in [1.807, 2.05) is 0 Å². The summed E-state index contributed by atoms with van der Waals surface area (Å²) in [4.78, 5) is 21.8. The number of carboxylic acid groups (broad SMARTS) is 1. The maximum atomic E-state index is 11.5. The minimum atomic E-state index is -1.02. The molecule has 1 aromatic rings. The lowest BCUT2D eigenvalue weighted by Crippen LogP contribution is -2.04. The molecule has 0 unspecified atom stereocenters. The van der Waals surface area contributed by atoms with Crippen molar-refractivity contribution < 1.29 is 19.8 Å². The molecule has 80 valence electrons. The summed E-state index contributed by atoms with van der Waals surface area (Å²) in [5.41, 5.74) is 0.799. The van der Waals surface area contributed by atoms with Crippen LogP contribution in [0.5, 0.6) is 5.75 Å². The molecule has 0 saturated heterocycles. The molecule has 0 spiro atoms. The molecule has 0 fully saturated rings. The van der Waals surface area contributed by atoms with Gasteiger partial charge in [-0.05, 0) is 18.6 Å². The number of para-hydroxylation sites is 1. The first kappa shape index (κ1) is 11.2. The van der Waals surface area contributed by atoms with Crippen molar-refractivity contribution in [3.63, 3.8) is 0 Å². The van der Waals surface area contributed by atoms with Crippen molar-refractivity contribution in [2.75, 3.05) is 0 Å². The van der Waals surface area contributed by atoms with Gasteiger partial charge in [0.25, 0.3) is 0 Å². The van der Waals surface area contributed by atoms with Gasteiger partial charge in [0, 0.05) is 6.42 Å². The number of aromatic hydroxyl groups is 1. The third kappa shape index (κ3) is 2.80. The van der Waals surface area contributed by atoms with Gasteiger partial charge >= 0.3 is 5.97 Å². The number of phenolic OH excluding ortho intramolecular Hbond substituents is 1. The van der Waals surface area contributed by atoms with E-state index in [0.29, 0.717) is 5.56 Å². The zero-order chi connectivity index (χ0) is 11.4. The molecular weight excluding hydrogens is 196 g/mol. The zero-order valence-corrected chi connectivity index (χ0v) is 8.36. The van der Waals surface area contributed by atoms with Gasteiger partial charge in [-0.1, -0.05) is 12.1 Å². The Morgan fingerprint density at radius 3 is 2.53 bits per heavy atom. The van der Waals surface area contributed by atoms with Crippen LogP contribution in [0.3, 0.4) is 0 Å². The summed E-state index contributed by atoms with van der Waals surface area (Å²) in [6, 6.07) is 4.83. The fourth-order valence-corrected chi connectivity index (χ4v) is 1.24. The van der Waals surface area contributed by atoms with E-state index in [4.69, 9.17) is 5.11 Å². The van der Waals surface area contributed by atoms with Gasteiger partial charge in [0.2, 0.25) is 0 Å².